The van der Waals surface area contributed by atoms with Gasteiger partial charge in [-0.05, 0) is 55.2 Å². The molecular weight excluding hydrogens is 342 g/mol. The number of nitriles is 1. The highest BCUT2D eigenvalue weighted by Crippen LogP contribution is 2.37. The van der Waals surface area contributed by atoms with E-state index in [1.54, 1.807) is 0 Å². The smallest absolute Gasteiger partial charge is 0.119 e. The summed E-state index contributed by atoms with van der Waals surface area (Å²) in [6.07, 6.45) is 16.4. The molecule has 1 atom stereocenters. The van der Waals surface area contributed by atoms with Crippen LogP contribution in [0, 0.1) is 29.1 Å². The molecule has 0 radical (unpaired) electrons. The molecular formula is C26H41NO. The number of rotatable bonds is 13. The average molecular weight is 384 g/mol. The minimum absolute atomic E-state index is 0.164. The molecule has 0 aliphatic heterocycles. The number of nitrogens with zero attached hydrogens (tertiary/aromatic N) is 1. The normalized spacial score (nSPS) is 20.5. The second-order valence-corrected chi connectivity index (χ2v) is 8.77. The van der Waals surface area contributed by atoms with Crippen LogP contribution in [0.4, 0.5) is 0 Å². The summed E-state index contributed by atoms with van der Waals surface area (Å²) in [5.74, 6) is 2.62. The Balaban J connectivity index is 1.73. The molecule has 1 fully saturated rings. The maximum Gasteiger partial charge on any atom is 0.119 e. The summed E-state index contributed by atoms with van der Waals surface area (Å²) in [5.41, 5.74) is 1.27. The van der Waals surface area contributed by atoms with Gasteiger partial charge in [-0.25, -0.2) is 0 Å². The molecule has 156 valence electrons. The Morgan fingerprint density at radius 2 is 1.61 bits per heavy atom. The summed E-state index contributed by atoms with van der Waals surface area (Å²) in [7, 11) is 0. The summed E-state index contributed by atoms with van der Waals surface area (Å²) in [6, 6.07) is 11.1. The molecule has 2 rings (SSSR count). The third-order valence-corrected chi connectivity index (χ3v) is 6.49. The Labute approximate surface area is 173 Å². The van der Waals surface area contributed by atoms with Gasteiger partial charge in [-0.15, -0.1) is 0 Å². The second-order valence-electron chi connectivity index (χ2n) is 8.77. The molecule has 0 bridgehead atoms. The Bertz CT molecular complexity index is 551. The minimum atomic E-state index is 0.164. The number of ether oxygens (including phenoxy) is 1. The van der Waals surface area contributed by atoms with Crippen molar-refractivity contribution in [1.29, 1.82) is 5.26 Å². The van der Waals surface area contributed by atoms with Crippen molar-refractivity contribution in [3.8, 4) is 11.8 Å². The van der Waals surface area contributed by atoms with E-state index < -0.39 is 0 Å². The van der Waals surface area contributed by atoms with Crippen LogP contribution in [0.1, 0.15) is 96.5 Å². The van der Waals surface area contributed by atoms with Crippen molar-refractivity contribution >= 4 is 0 Å². The van der Waals surface area contributed by atoms with Gasteiger partial charge in [0.2, 0.25) is 0 Å². The molecule has 1 saturated carbocycles. The lowest BCUT2D eigenvalue weighted by Crippen LogP contribution is -2.22. The maximum absolute atomic E-state index is 9.75. The van der Waals surface area contributed by atoms with Crippen molar-refractivity contribution < 1.29 is 4.74 Å². The molecule has 1 aromatic rings. The molecule has 1 aromatic carbocycles. The van der Waals surface area contributed by atoms with E-state index in [2.05, 4.69) is 44.2 Å². The van der Waals surface area contributed by atoms with E-state index in [0.717, 1.165) is 31.1 Å². The molecule has 2 heteroatoms. The first-order valence-electron chi connectivity index (χ1n) is 11.9. The molecule has 28 heavy (non-hydrogen) atoms. The third kappa shape index (κ3) is 8.26. The third-order valence-electron chi connectivity index (χ3n) is 6.49. The summed E-state index contributed by atoms with van der Waals surface area (Å²) in [6.45, 7) is 5.32. The van der Waals surface area contributed by atoms with Crippen LogP contribution in [0.15, 0.2) is 24.3 Å². The van der Waals surface area contributed by atoms with Gasteiger partial charge >= 0.3 is 0 Å². The standard InChI is InChI=1S/C26H41NO/c1-3-5-7-9-19-28-26-17-13-23(14-18-26)20-25(21-27)24-15-11-22(12-16-24)10-8-6-4-2/h13-14,17-18,22,24-25H,3-12,15-16,19-20H2,1-2H3/t22-,24-,25?. The van der Waals surface area contributed by atoms with Gasteiger partial charge in [-0.2, -0.15) is 5.26 Å². The van der Waals surface area contributed by atoms with Crippen molar-refractivity contribution in [3.63, 3.8) is 0 Å². The summed E-state index contributed by atoms with van der Waals surface area (Å²) < 4.78 is 5.84. The molecule has 1 unspecified atom stereocenters. The van der Waals surface area contributed by atoms with Gasteiger partial charge in [0.15, 0.2) is 0 Å². The first-order valence-corrected chi connectivity index (χ1v) is 11.9. The number of hydrogen-bond acceptors (Lipinski definition) is 2. The second kappa shape index (κ2) is 13.6. The van der Waals surface area contributed by atoms with E-state index in [9.17, 15) is 5.26 Å². The Kier molecular flexibility index (Phi) is 11.1. The van der Waals surface area contributed by atoms with Gasteiger partial charge in [-0.1, -0.05) is 83.8 Å². The van der Waals surface area contributed by atoms with Crippen LogP contribution in [0.3, 0.4) is 0 Å². The highest BCUT2D eigenvalue weighted by molar-refractivity contribution is 5.28. The monoisotopic (exact) mass is 383 g/mol. The van der Waals surface area contributed by atoms with Gasteiger partial charge < -0.3 is 4.74 Å². The highest BCUT2D eigenvalue weighted by Gasteiger charge is 2.27. The van der Waals surface area contributed by atoms with Gasteiger partial charge in [-0.3, -0.25) is 0 Å². The van der Waals surface area contributed by atoms with Crippen molar-refractivity contribution in [1.82, 2.24) is 0 Å². The molecule has 0 saturated heterocycles. The molecule has 1 aliphatic carbocycles. The van der Waals surface area contributed by atoms with Crippen LogP contribution in [0.5, 0.6) is 5.75 Å². The van der Waals surface area contributed by atoms with E-state index in [-0.39, 0.29) is 5.92 Å². The van der Waals surface area contributed by atoms with Crippen molar-refractivity contribution in [2.24, 2.45) is 17.8 Å². The zero-order chi connectivity index (χ0) is 20.0. The fourth-order valence-electron chi connectivity index (χ4n) is 4.57. The average Bonchev–Trinajstić information content (AvgIpc) is 2.74. The van der Waals surface area contributed by atoms with E-state index in [1.165, 1.54) is 76.2 Å². The molecule has 0 N–H and O–H groups in total. The lowest BCUT2D eigenvalue weighted by molar-refractivity contribution is 0.221. The maximum atomic E-state index is 9.75. The van der Waals surface area contributed by atoms with Crippen LogP contribution in [-0.2, 0) is 6.42 Å². The topological polar surface area (TPSA) is 33.0 Å². The number of hydrogen-bond donors (Lipinski definition) is 0. The molecule has 2 nitrogen and oxygen atoms in total. The van der Waals surface area contributed by atoms with Crippen LogP contribution in [-0.4, -0.2) is 6.61 Å². The van der Waals surface area contributed by atoms with E-state index in [4.69, 9.17) is 4.74 Å². The Morgan fingerprint density at radius 1 is 0.929 bits per heavy atom. The number of benzene rings is 1. The fourth-order valence-corrected chi connectivity index (χ4v) is 4.57. The molecule has 0 aromatic heterocycles. The quantitative estimate of drug-likeness (QED) is 0.327. The first kappa shape index (κ1) is 22.8. The molecule has 1 aliphatic rings. The molecule has 0 amide bonds. The summed E-state index contributed by atoms with van der Waals surface area (Å²) in [5, 5.41) is 9.75. The largest absolute Gasteiger partial charge is 0.494 e. The van der Waals surface area contributed by atoms with Gasteiger partial charge in [0, 0.05) is 0 Å². The zero-order valence-corrected chi connectivity index (χ0v) is 18.3. The van der Waals surface area contributed by atoms with Gasteiger partial charge in [0.25, 0.3) is 0 Å². The number of unbranched alkanes of at least 4 members (excludes halogenated alkanes) is 5. The summed E-state index contributed by atoms with van der Waals surface area (Å²) >= 11 is 0. The van der Waals surface area contributed by atoms with E-state index >= 15 is 0 Å². The fraction of sp³-hybridized carbons (Fsp3) is 0.731. The Hall–Kier alpha value is -1.49. The highest BCUT2D eigenvalue weighted by atomic mass is 16.5. The lowest BCUT2D eigenvalue weighted by atomic mass is 9.73. The van der Waals surface area contributed by atoms with Crippen molar-refractivity contribution in [2.45, 2.75) is 97.3 Å². The van der Waals surface area contributed by atoms with Crippen molar-refractivity contribution in [3.05, 3.63) is 29.8 Å². The molecule has 0 heterocycles. The lowest BCUT2D eigenvalue weighted by Gasteiger charge is -2.31. The Morgan fingerprint density at radius 3 is 2.25 bits per heavy atom. The van der Waals surface area contributed by atoms with Gasteiger partial charge in [0.05, 0.1) is 18.6 Å². The predicted molar refractivity (Wildman–Crippen MR) is 118 cm³/mol. The van der Waals surface area contributed by atoms with Crippen LogP contribution in [0.2, 0.25) is 0 Å². The SMILES string of the molecule is CCCCCCOc1ccc(CC(C#N)[C@H]2CC[C@H](CCCCC)CC2)cc1. The van der Waals surface area contributed by atoms with E-state index in [0.29, 0.717) is 5.92 Å². The first-order chi connectivity index (χ1) is 13.8. The van der Waals surface area contributed by atoms with E-state index in [1.807, 2.05) is 0 Å². The molecule has 0 spiro atoms. The van der Waals surface area contributed by atoms with Crippen LogP contribution < -0.4 is 4.74 Å². The zero-order valence-electron chi connectivity index (χ0n) is 18.3. The van der Waals surface area contributed by atoms with Crippen LogP contribution in [0.25, 0.3) is 0 Å². The summed E-state index contributed by atoms with van der Waals surface area (Å²) in [4.78, 5) is 0. The van der Waals surface area contributed by atoms with Crippen LogP contribution >= 0.6 is 0 Å². The van der Waals surface area contributed by atoms with Gasteiger partial charge in [0.1, 0.15) is 5.75 Å². The van der Waals surface area contributed by atoms with Crippen molar-refractivity contribution in [2.75, 3.05) is 6.61 Å². The predicted octanol–water partition coefficient (Wildman–Crippen LogP) is 7.71. The minimum Gasteiger partial charge on any atom is -0.494 e.